The van der Waals surface area contributed by atoms with Gasteiger partial charge in [-0.05, 0) is 62.4 Å². The Labute approximate surface area is 173 Å². The summed E-state index contributed by atoms with van der Waals surface area (Å²) < 4.78 is 29.7. The molecule has 29 heavy (non-hydrogen) atoms. The quantitative estimate of drug-likeness (QED) is 0.639. The lowest BCUT2D eigenvalue weighted by atomic mass is 9.91. The molecule has 7 heteroatoms. The summed E-state index contributed by atoms with van der Waals surface area (Å²) >= 11 is 0. The molecule has 1 fully saturated rings. The van der Waals surface area contributed by atoms with Crippen LogP contribution < -0.4 is 4.74 Å². The van der Waals surface area contributed by atoms with Crippen molar-refractivity contribution in [1.29, 1.82) is 0 Å². The van der Waals surface area contributed by atoms with Gasteiger partial charge in [-0.1, -0.05) is 19.3 Å². The maximum Gasteiger partial charge on any atom is 0.162 e. The Morgan fingerprint density at radius 1 is 1.10 bits per heavy atom. The Bertz CT molecular complexity index is 909. The Morgan fingerprint density at radius 2 is 1.76 bits per heavy atom. The average Bonchev–Trinajstić information content (AvgIpc) is 3.16. The van der Waals surface area contributed by atoms with E-state index in [1.165, 1.54) is 20.3 Å². The Balaban J connectivity index is 1.60. The number of benzene rings is 1. The van der Waals surface area contributed by atoms with Crippen LogP contribution in [0, 0.1) is 5.92 Å². The van der Waals surface area contributed by atoms with E-state index in [9.17, 15) is 13.2 Å². The van der Waals surface area contributed by atoms with Crippen molar-refractivity contribution in [3.63, 3.8) is 0 Å². The summed E-state index contributed by atoms with van der Waals surface area (Å²) in [7, 11) is -1.92. The number of rotatable bonds is 8. The number of carbonyl (C=O) groups excluding carboxylic acids is 1. The summed E-state index contributed by atoms with van der Waals surface area (Å²) in [5.74, 6) is 0.729. The number of ether oxygens (including phenoxy) is 1. The molecule has 0 bridgehead atoms. The maximum atomic E-state index is 13.0. The number of sulfone groups is 1. The highest BCUT2D eigenvalue weighted by molar-refractivity contribution is 7.93. The zero-order valence-corrected chi connectivity index (χ0v) is 18.3. The first-order chi connectivity index (χ1) is 13.7. The summed E-state index contributed by atoms with van der Waals surface area (Å²) in [6, 6.07) is 7.50. The molecule has 158 valence electrons. The van der Waals surface area contributed by atoms with Gasteiger partial charge in [0.15, 0.2) is 15.6 Å². The number of hydrogen-bond acceptors (Lipinski definition) is 6. The van der Waals surface area contributed by atoms with Crippen LogP contribution in [0.25, 0.3) is 0 Å². The molecular formula is C22H30N2O4S. The molecule has 1 aliphatic heterocycles. The molecule has 1 heterocycles. The lowest BCUT2D eigenvalue weighted by Gasteiger charge is -2.28. The topological polar surface area (TPSA) is 85.2 Å². The molecule has 0 aromatic heterocycles. The zero-order valence-electron chi connectivity index (χ0n) is 17.5. The molecule has 0 radical (unpaired) electrons. The Kier molecular flexibility index (Phi) is 6.56. The first-order valence-corrected chi connectivity index (χ1v) is 11.9. The first kappa shape index (κ1) is 21.7. The molecule has 6 nitrogen and oxygen atoms in total. The van der Waals surface area contributed by atoms with Gasteiger partial charge in [0.1, 0.15) is 10.5 Å². The van der Waals surface area contributed by atoms with Gasteiger partial charge in [0.05, 0.1) is 24.3 Å². The van der Waals surface area contributed by atoms with E-state index >= 15 is 0 Å². The second-order valence-corrected chi connectivity index (χ2v) is 11.1. The van der Waals surface area contributed by atoms with Gasteiger partial charge in [0.2, 0.25) is 0 Å². The lowest BCUT2D eigenvalue weighted by Crippen LogP contribution is -2.44. The van der Waals surface area contributed by atoms with Crippen molar-refractivity contribution in [2.24, 2.45) is 16.1 Å². The Morgan fingerprint density at radius 3 is 2.38 bits per heavy atom. The third-order valence-electron chi connectivity index (χ3n) is 6.10. The van der Waals surface area contributed by atoms with Crippen molar-refractivity contribution in [3.05, 3.63) is 29.8 Å². The van der Waals surface area contributed by atoms with Crippen molar-refractivity contribution < 1.29 is 17.9 Å². The summed E-state index contributed by atoms with van der Waals surface area (Å²) in [6.07, 6.45) is 5.68. The van der Waals surface area contributed by atoms with Crippen LogP contribution >= 0.6 is 0 Å². The maximum absolute atomic E-state index is 13.0. The second-order valence-electron chi connectivity index (χ2n) is 8.51. The molecule has 0 unspecified atom stereocenters. The molecule has 0 amide bonds. The molecular weight excluding hydrogens is 388 g/mol. The smallest absolute Gasteiger partial charge is 0.162 e. The Hall–Kier alpha value is -2.02. The molecule has 2 aliphatic rings. The third-order valence-corrected chi connectivity index (χ3v) is 8.79. The van der Waals surface area contributed by atoms with Gasteiger partial charge in [-0.3, -0.25) is 4.79 Å². The largest absolute Gasteiger partial charge is 0.497 e. The molecule has 3 rings (SSSR count). The van der Waals surface area contributed by atoms with Crippen molar-refractivity contribution >= 4 is 27.0 Å². The molecule has 0 saturated heterocycles. The molecule has 1 aromatic carbocycles. The van der Waals surface area contributed by atoms with E-state index in [0.717, 1.165) is 42.7 Å². The molecule has 0 atom stereocenters. The summed E-state index contributed by atoms with van der Waals surface area (Å²) in [5.41, 5.74) is 2.31. The van der Waals surface area contributed by atoms with Gasteiger partial charge in [-0.25, -0.2) is 8.42 Å². The van der Waals surface area contributed by atoms with Crippen molar-refractivity contribution in [1.82, 2.24) is 0 Å². The number of carbonyl (C=O) groups is 1. The van der Waals surface area contributed by atoms with E-state index in [4.69, 9.17) is 4.74 Å². The highest BCUT2D eigenvalue weighted by atomic mass is 32.2. The fourth-order valence-electron chi connectivity index (χ4n) is 3.88. The van der Waals surface area contributed by atoms with Crippen molar-refractivity contribution in [2.75, 3.05) is 12.9 Å². The lowest BCUT2D eigenvalue weighted by molar-refractivity contribution is -0.119. The first-order valence-electron chi connectivity index (χ1n) is 10.3. The van der Waals surface area contributed by atoms with Gasteiger partial charge in [0, 0.05) is 12.8 Å². The fourth-order valence-corrected chi connectivity index (χ4v) is 5.67. The van der Waals surface area contributed by atoms with Crippen LogP contribution in [0.2, 0.25) is 0 Å². The number of methoxy groups -OCH3 is 1. The number of nitrogens with zero attached hydrogens (tertiary/aromatic N) is 2. The van der Waals surface area contributed by atoms with Gasteiger partial charge < -0.3 is 4.74 Å². The fraction of sp³-hybridized carbons (Fsp3) is 0.591. The summed E-state index contributed by atoms with van der Waals surface area (Å²) in [5, 5.41) is 8.34. The van der Waals surface area contributed by atoms with E-state index in [0.29, 0.717) is 12.1 Å². The highest BCUT2D eigenvalue weighted by Crippen LogP contribution is 2.30. The van der Waals surface area contributed by atoms with Gasteiger partial charge in [-0.15, -0.1) is 0 Å². The minimum absolute atomic E-state index is 0.0139. The van der Waals surface area contributed by atoms with Crippen LogP contribution in [0.4, 0.5) is 0 Å². The highest BCUT2D eigenvalue weighted by Gasteiger charge is 2.42. The average molecular weight is 419 g/mol. The second kappa shape index (κ2) is 8.78. The van der Waals surface area contributed by atoms with Gasteiger partial charge >= 0.3 is 0 Å². The van der Waals surface area contributed by atoms with E-state index in [1.54, 1.807) is 7.11 Å². The molecule has 1 saturated carbocycles. The number of hydrogen-bond donors (Lipinski definition) is 0. The van der Waals surface area contributed by atoms with Crippen molar-refractivity contribution in [2.45, 2.75) is 63.5 Å². The molecule has 0 N–H and O–H groups in total. The number of ketones is 1. The van der Waals surface area contributed by atoms with Crippen molar-refractivity contribution in [3.8, 4) is 5.75 Å². The van der Waals surface area contributed by atoms with Gasteiger partial charge in [0.25, 0.3) is 0 Å². The standard InChI is InChI=1S/C22H30N2O4S/c1-22(2,29(26,27)15-16-7-5-4-6-8-16)21(25)14-18-13-20(24-23-18)17-9-11-19(28-3)12-10-17/h9-12,16H,4-8,13-15H2,1-3H3. The minimum Gasteiger partial charge on any atom is -0.497 e. The van der Waals surface area contributed by atoms with E-state index in [1.807, 2.05) is 24.3 Å². The molecule has 1 aliphatic carbocycles. The third kappa shape index (κ3) is 4.94. The van der Waals surface area contributed by atoms with Crippen LogP contribution in [-0.2, 0) is 14.6 Å². The number of Topliss-reactive ketones (excluding diaryl/α,β-unsaturated/α-hetero) is 1. The van der Waals surface area contributed by atoms with Crippen LogP contribution in [0.15, 0.2) is 34.5 Å². The van der Waals surface area contributed by atoms with E-state index in [-0.39, 0.29) is 23.9 Å². The SMILES string of the molecule is COc1ccc(C2=NN=C(CC(=O)C(C)(C)S(=O)(=O)CC3CCCCC3)C2)cc1. The molecule has 0 spiro atoms. The van der Waals surface area contributed by atoms with Crippen LogP contribution in [-0.4, -0.2) is 43.2 Å². The van der Waals surface area contributed by atoms with Gasteiger partial charge in [-0.2, -0.15) is 10.2 Å². The zero-order chi connectivity index (χ0) is 21.1. The van der Waals surface area contributed by atoms with Crippen LogP contribution in [0.1, 0.15) is 64.4 Å². The monoisotopic (exact) mass is 418 g/mol. The normalized spacial score (nSPS) is 18.3. The van der Waals surface area contributed by atoms with Crippen LogP contribution in [0.3, 0.4) is 0 Å². The van der Waals surface area contributed by atoms with E-state index in [2.05, 4.69) is 10.2 Å². The predicted molar refractivity (Wildman–Crippen MR) is 116 cm³/mol. The minimum atomic E-state index is -3.53. The van der Waals surface area contributed by atoms with Crippen LogP contribution in [0.5, 0.6) is 5.75 Å². The van der Waals surface area contributed by atoms with E-state index < -0.39 is 14.6 Å². The predicted octanol–water partition coefficient (Wildman–Crippen LogP) is 3.98. The summed E-state index contributed by atoms with van der Waals surface area (Å²) in [6.45, 7) is 3.07. The summed E-state index contributed by atoms with van der Waals surface area (Å²) in [4.78, 5) is 12.9. The molecule has 1 aromatic rings.